The smallest absolute Gasteiger partial charge is 0.255 e. The maximum Gasteiger partial charge on any atom is 0.255 e. The van der Waals surface area contributed by atoms with Gasteiger partial charge in [-0.15, -0.1) is 0 Å². The van der Waals surface area contributed by atoms with E-state index in [9.17, 15) is 4.79 Å². The quantitative estimate of drug-likeness (QED) is 0.793. The Bertz CT molecular complexity index is 714. The standard InChI is InChI=1S/C17H15NO3/c1-12-14(9-11-20-12)17(19)18-16(15-8-5-10-21-15)13-6-3-2-4-7-13/h2-11,16H,1H3,(H,18,19). The third-order valence-electron chi connectivity index (χ3n) is 3.34. The van der Waals surface area contributed by atoms with Crippen LogP contribution in [0.5, 0.6) is 0 Å². The monoisotopic (exact) mass is 281 g/mol. The molecule has 0 saturated carbocycles. The number of benzene rings is 1. The summed E-state index contributed by atoms with van der Waals surface area (Å²) in [6.07, 6.45) is 3.11. The van der Waals surface area contributed by atoms with Gasteiger partial charge in [0, 0.05) is 0 Å². The van der Waals surface area contributed by atoms with Crippen LogP contribution < -0.4 is 5.32 Å². The number of carbonyl (C=O) groups excluding carboxylic acids is 1. The zero-order valence-electron chi connectivity index (χ0n) is 11.6. The van der Waals surface area contributed by atoms with Crippen LogP contribution in [-0.2, 0) is 0 Å². The second kappa shape index (κ2) is 5.71. The third-order valence-corrected chi connectivity index (χ3v) is 3.34. The van der Waals surface area contributed by atoms with Crippen molar-refractivity contribution in [3.63, 3.8) is 0 Å². The molecule has 0 aliphatic carbocycles. The van der Waals surface area contributed by atoms with Gasteiger partial charge in [0.05, 0.1) is 18.1 Å². The molecule has 4 heteroatoms. The largest absolute Gasteiger partial charge is 0.469 e. The Labute approximate surface area is 122 Å². The zero-order chi connectivity index (χ0) is 14.7. The normalized spacial score (nSPS) is 12.0. The van der Waals surface area contributed by atoms with Crippen molar-refractivity contribution in [2.24, 2.45) is 0 Å². The molecule has 0 aliphatic heterocycles. The molecule has 2 aromatic heterocycles. The highest BCUT2D eigenvalue weighted by Gasteiger charge is 2.21. The Morgan fingerprint density at radius 1 is 1.00 bits per heavy atom. The number of rotatable bonds is 4. The summed E-state index contributed by atoms with van der Waals surface area (Å²) in [4.78, 5) is 12.4. The number of hydrogen-bond donors (Lipinski definition) is 1. The molecule has 0 aliphatic rings. The first-order chi connectivity index (χ1) is 10.3. The van der Waals surface area contributed by atoms with Crippen LogP contribution in [0.2, 0.25) is 0 Å². The molecule has 0 fully saturated rings. The summed E-state index contributed by atoms with van der Waals surface area (Å²) >= 11 is 0. The Hall–Kier alpha value is -2.75. The SMILES string of the molecule is Cc1occc1C(=O)NC(c1ccccc1)c1ccco1. The summed E-state index contributed by atoms with van der Waals surface area (Å²) in [6, 6.07) is 14.7. The fourth-order valence-corrected chi connectivity index (χ4v) is 2.25. The van der Waals surface area contributed by atoms with E-state index in [-0.39, 0.29) is 11.9 Å². The van der Waals surface area contributed by atoms with Crippen molar-refractivity contribution in [3.05, 3.63) is 83.7 Å². The number of carbonyl (C=O) groups is 1. The predicted molar refractivity (Wildman–Crippen MR) is 77.9 cm³/mol. The molecular formula is C17H15NO3. The molecule has 106 valence electrons. The van der Waals surface area contributed by atoms with Gasteiger partial charge in [0.15, 0.2) is 0 Å². The summed E-state index contributed by atoms with van der Waals surface area (Å²) in [6.45, 7) is 1.76. The first kappa shape index (κ1) is 13.2. The van der Waals surface area contributed by atoms with E-state index in [1.807, 2.05) is 36.4 Å². The fraction of sp³-hybridized carbons (Fsp3) is 0.118. The molecule has 1 amide bonds. The van der Waals surface area contributed by atoms with Crippen LogP contribution in [0.4, 0.5) is 0 Å². The first-order valence-corrected chi connectivity index (χ1v) is 6.69. The van der Waals surface area contributed by atoms with E-state index in [2.05, 4.69) is 5.32 Å². The molecule has 0 spiro atoms. The Morgan fingerprint density at radius 3 is 2.43 bits per heavy atom. The van der Waals surface area contributed by atoms with Gasteiger partial charge in [-0.25, -0.2) is 0 Å². The van der Waals surface area contributed by atoms with Gasteiger partial charge in [0.1, 0.15) is 17.6 Å². The zero-order valence-corrected chi connectivity index (χ0v) is 11.6. The van der Waals surface area contributed by atoms with Gasteiger partial charge in [-0.3, -0.25) is 4.79 Å². The van der Waals surface area contributed by atoms with E-state index in [1.165, 1.54) is 6.26 Å². The van der Waals surface area contributed by atoms with E-state index in [4.69, 9.17) is 8.83 Å². The van der Waals surface area contributed by atoms with Crippen LogP contribution in [0.15, 0.2) is 69.9 Å². The summed E-state index contributed by atoms with van der Waals surface area (Å²) in [7, 11) is 0. The topological polar surface area (TPSA) is 55.4 Å². The molecule has 3 aromatic rings. The van der Waals surface area contributed by atoms with Gasteiger partial charge in [0.2, 0.25) is 0 Å². The Balaban J connectivity index is 1.91. The molecule has 4 nitrogen and oxygen atoms in total. The molecule has 21 heavy (non-hydrogen) atoms. The van der Waals surface area contributed by atoms with Gasteiger partial charge in [-0.05, 0) is 30.7 Å². The van der Waals surface area contributed by atoms with Crippen molar-refractivity contribution < 1.29 is 13.6 Å². The average molecular weight is 281 g/mol. The molecule has 2 heterocycles. The second-order valence-electron chi connectivity index (χ2n) is 4.72. The lowest BCUT2D eigenvalue weighted by Gasteiger charge is -2.17. The van der Waals surface area contributed by atoms with Gasteiger partial charge in [-0.2, -0.15) is 0 Å². The lowest BCUT2D eigenvalue weighted by molar-refractivity contribution is 0.0937. The second-order valence-corrected chi connectivity index (χ2v) is 4.72. The van der Waals surface area contributed by atoms with Gasteiger partial charge >= 0.3 is 0 Å². The van der Waals surface area contributed by atoms with Crippen LogP contribution >= 0.6 is 0 Å². The molecule has 0 saturated heterocycles. The number of hydrogen-bond acceptors (Lipinski definition) is 3. The summed E-state index contributed by atoms with van der Waals surface area (Å²) in [5.74, 6) is 1.10. The van der Waals surface area contributed by atoms with Crippen molar-refractivity contribution in [2.75, 3.05) is 0 Å². The van der Waals surface area contributed by atoms with E-state index < -0.39 is 0 Å². The minimum atomic E-state index is -0.331. The van der Waals surface area contributed by atoms with E-state index in [1.54, 1.807) is 25.3 Å². The highest BCUT2D eigenvalue weighted by atomic mass is 16.3. The van der Waals surface area contributed by atoms with E-state index in [0.29, 0.717) is 17.1 Å². The summed E-state index contributed by atoms with van der Waals surface area (Å²) in [5, 5.41) is 2.99. The molecule has 1 atom stereocenters. The molecule has 1 aromatic carbocycles. The molecule has 3 rings (SSSR count). The number of amides is 1. The van der Waals surface area contributed by atoms with Crippen LogP contribution in [0.1, 0.15) is 33.5 Å². The number of nitrogens with one attached hydrogen (secondary N) is 1. The molecule has 0 bridgehead atoms. The van der Waals surface area contributed by atoms with Gasteiger partial charge in [-0.1, -0.05) is 30.3 Å². The van der Waals surface area contributed by atoms with Crippen molar-refractivity contribution in [2.45, 2.75) is 13.0 Å². The lowest BCUT2D eigenvalue weighted by Crippen LogP contribution is -2.29. The minimum Gasteiger partial charge on any atom is -0.469 e. The van der Waals surface area contributed by atoms with Gasteiger partial charge < -0.3 is 14.2 Å². The predicted octanol–water partition coefficient (Wildman–Crippen LogP) is 3.70. The Kier molecular flexibility index (Phi) is 3.60. The molecule has 1 N–H and O–H groups in total. The van der Waals surface area contributed by atoms with Crippen LogP contribution in [0.3, 0.4) is 0 Å². The van der Waals surface area contributed by atoms with Crippen LogP contribution in [0, 0.1) is 6.92 Å². The number of aryl methyl sites for hydroxylation is 1. The van der Waals surface area contributed by atoms with Crippen LogP contribution in [0.25, 0.3) is 0 Å². The molecule has 0 radical (unpaired) electrons. The summed E-state index contributed by atoms with van der Waals surface area (Å²) < 4.78 is 10.6. The van der Waals surface area contributed by atoms with Gasteiger partial charge in [0.25, 0.3) is 5.91 Å². The van der Waals surface area contributed by atoms with Crippen molar-refractivity contribution >= 4 is 5.91 Å². The maximum atomic E-state index is 12.4. The Morgan fingerprint density at radius 2 is 1.81 bits per heavy atom. The first-order valence-electron chi connectivity index (χ1n) is 6.69. The molecule has 1 unspecified atom stereocenters. The highest BCUT2D eigenvalue weighted by molar-refractivity contribution is 5.95. The number of furan rings is 2. The summed E-state index contributed by atoms with van der Waals surface area (Å²) in [5.41, 5.74) is 1.49. The highest BCUT2D eigenvalue weighted by Crippen LogP contribution is 2.23. The average Bonchev–Trinajstić information content (AvgIpc) is 3.17. The third kappa shape index (κ3) is 2.74. The van der Waals surface area contributed by atoms with E-state index in [0.717, 1.165) is 5.56 Å². The van der Waals surface area contributed by atoms with Crippen molar-refractivity contribution in [3.8, 4) is 0 Å². The molecular weight excluding hydrogens is 266 g/mol. The van der Waals surface area contributed by atoms with Crippen molar-refractivity contribution in [1.29, 1.82) is 0 Å². The fourth-order valence-electron chi connectivity index (χ4n) is 2.25. The van der Waals surface area contributed by atoms with E-state index >= 15 is 0 Å². The minimum absolute atomic E-state index is 0.188. The van der Waals surface area contributed by atoms with Crippen LogP contribution in [-0.4, -0.2) is 5.91 Å². The maximum absolute atomic E-state index is 12.4. The van der Waals surface area contributed by atoms with Crippen molar-refractivity contribution in [1.82, 2.24) is 5.32 Å². The lowest BCUT2D eigenvalue weighted by atomic mass is 10.0.